The topological polar surface area (TPSA) is 46.5 Å². The Bertz CT molecular complexity index is 421. The standard InChI is InChI=1S/C12H12O3S/c1-3-4-8-15-9-6-5-7-10(16-2)11(9)12(13)14/h1,5-7H,4,8H2,2H3,(H,13,14). The zero-order valence-electron chi connectivity index (χ0n) is 8.90. The second-order valence-corrected chi connectivity index (χ2v) is 3.79. The Hall–Kier alpha value is -1.60. The van der Waals surface area contributed by atoms with E-state index in [-0.39, 0.29) is 5.56 Å². The molecule has 0 aliphatic rings. The van der Waals surface area contributed by atoms with Gasteiger partial charge in [0, 0.05) is 11.3 Å². The lowest BCUT2D eigenvalue weighted by molar-refractivity contribution is 0.0688. The molecule has 4 heteroatoms. The molecule has 0 bridgehead atoms. The average Bonchev–Trinajstić information content (AvgIpc) is 2.28. The van der Waals surface area contributed by atoms with Crippen molar-refractivity contribution in [2.45, 2.75) is 11.3 Å². The minimum absolute atomic E-state index is 0.201. The maximum Gasteiger partial charge on any atom is 0.340 e. The molecule has 1 aromatic carbocycles. The molecular formula is C12H12O3S. The van der Waals surface area contributed by atoms with Gasteiger partial charge in [-0.1, -0.05) is 6.07 Å². The minimum Gasteiger partial charge on any atom is -0.492 e. The first-order valence-corrected chi connectivity index (χ1v) is 5.89. The first kappa shape index (κ1) is 12.5. The van der Waals surface area contributed by atoms with Crippen molar-refractivity contribution in [2.75, 3.05) is 12.9 Å². The summed E-state index contributed by atoms with van der Waals surface area (Å²) in [7, 11) is 0. The number of ether oxygens (including phenoxy) is 1. The minimum atomic E-state index is -0.986. The van der Waals surface area contributed by atoms with Crippen molar-refractivity contribution in [2.24, 2.45) is 0 Å². The molecule has 0 unspecified atom stereocenters. The van der Waals surface area contributed by atoms with Gasteiger partial charge < -0.3 is 9.84 Å². The first-order chi connectivity index (χ1) is 7.70. The summed E-state index contributed by atoms with van der Waals surface area (Å²) in [5, 5.41) is 9.10. The third-order valence-corrected chi connectivity index (χ3v) is 2.71. The Morgan fingerprint density at radius 1 is 1.62 bits per heavy atom. The Morgan fingerprint density at radius 3 is 2.94 bits per heavy atom. The van der Waals surface area contributed by atoms with E-state index < -0.39 is 5.97 Å². The lowest BCUT2D eigenvalue weighted by atomic mass is 10.2. The van der Waals surface area contributed by atoms with Crippen LogP contribution in [-0.2, 0) is 0 Å². The van der Waals surface area contributed by atoms with Crippen molar-refractivity contribution < 1.29 is 14.6 Å². The van der Waals surface area contributed by atoms with Crippen LogP contribution in [0.5, 0.6) is 5.75 Å². The monoisotopic (exact) mass is 236 g/mol. The zero-order chi connectivity index (χ0) is 12.0. The molecule has 16 heavy (non-hydrogen) atoms. The van der Waals surface area contributed by atoms with Gasteiger partial charge >= 0.3 is 5.97 Å². The van der Waals surface area contributed by atoms with E-state index in [0.29, 0.717) is 23.7 Å². The SMILES string of the molecule is C#CCCOc1cccc(SC)c1C(=O)O. The van der Waals surface area contributed by atoms with Gasteiger partial charge in [0.05, 0.1) is 6.61 Å². The fourth-order valence-electron chi connectivity index (χ4n) is 1.23. The van der Waals surface area contributed by atoms with E-state index in [4.69, 9.17) is 16.3 Å². The first-order valence-electron chi connectivity index (χ1n) is 4.67. The van der Waals surface area contributed by atoms with Crippen molar-refractivity contribution in [3.05, 3.63) is 23.8 Å². The summed E-state index contributed by atoms with van der Waals surface area (Å²) >= 11 is 1.38. The summed E-state index contributed by atoms with van der Waals surface area (Å²) < 4.78 is 5.34. The summed E-state index contributed by atoms with van der Waals surface area (Å²) in [6.45, 7) is 0.328. The van der Waals surface area contributed by atoms with Crippen LogP contribution < -0.4 is 4.74 Å². The number of hydrogen-bond acceptors (Lipinski definition) is 3. The fourth-order valence-corrected chi connectivity index (χ4v) is 1.84. The van der Waals surface area contributed by atoms with Crippen LogP contribution in [0.15, 0.2) is 23.1 Å². The normalized spacial score (nSPS) is 9.50. The molecule has 0 fully saturated rings. The third kappa shape index (κ3) is 2.94. The van der Waals surface area contributed by atoms with Gasteiger partial charge in [0.2, 0.25) is 0 Å². The summed E-state index contributed by atoms with van der Waals surface area (Å²) in [6, 6.07) is 5.16. The second kappa shape index (κ2) is 6.09. The van der Waals surface area contributed by atoms with Gasteiger partial charge in [-0.3, -0.25) is 0 Å². The summed E-state index contributed by atoms with van der Waals surface area (Å²) in [6.07, 6.45) is 7.38. The summed E-state index contributed by atoms with van der Waals surface area (Å²) in [4.78, 5) is 11.8. The van der Waals surface area contributed by atoms with E-state index in [2.05, 4.69) is 5.92 Å². The smallest absolute Gasteiger partial charge is 0.340 e. The highest BCUT2D eigenvalue weighted by Crippen LogP contribution is 2.28. The van der Waals surface area contributed by atoms with Crippen LogP contribution in [0.25, 0.3) is 0 Å². The molecule has 0 radical (unpaired) electrons. The highest BCUT2D eigenvalue weighted by atomic mass is 32.2. The van der Waals surface area contributed by atoms with Crippen molar-refractivity contribution in [1.29, 1.82) is 0 Å². The van der Waals surface area contributed by atoms with Crippen LogP contribution >= 0.6 is 11.8 Å². The van der Waals surface area contributed by atoms with Gasteiger partial charge in [-0.2, -0.15) is 0 Å². The molecule has 0 heterocycles. The quantitative estimate of drug-likeness (QED) is 0.485. The van der Waals surface area contributed by atoms with E-state index >= 15 is 0 Å². The van der Waals surface area contributed by atoms with Gasteiger partial charge in [-0.15, -0.1) is 24.1 Å². The van der Waals surface area contributed by atoms with Crippen molar-refractivity contribution in [3.63, 3.8) is 0 Å². The van der Waals surface area contributed by atoms with Crippen LogP contribution in [0.4, 0.5) is 0 Å². The number of carboxylic acids is 1. The van der Waals surface area contributed by atoms with Gasteiger partial charge in [0.25, 0.3) is 0 Å². The highest BCUT2D eigenvalue weighted by Gasteiger charge is 2.15. The number of aromatic carboxylic acids is 1. The van der Waals surface area contributed by atoms with Gasteiger partial charge in [0.1, 0.15) is 11.3 Å². The van der Waals surface area contributed by atoms with Crippen LogP contribution in [-0.4, -0.2) is 23.9 Å². The maximum absolute atomic E-state index is 11.1. The Kier molecular flexibility index (Phi) is 4.74. The molecule has 0 atom stereocenters. The zero-order valence-corrected chi connectivity index (χ0v) is 9.71. The van der Waals surface area contributed by atoms with Crippen molar-refractivity contribution in [3.8, 4) is 18.1 Å². The van der Waals surface area contributed by atoms with Crippen LogP contribution in [0.1, 0.15) is 16.8 Å². The predicted octanol–water partition coefficient (Wildman–Crippen LogP) is 2.51. The van der Waals surface area contributed by atoms with E-state index in [0.717, 1.165) is 0 Å². The van der Waals surface area contributed by atoms with E-state index in [1.165, 1.54) is 11.8 Å². The highest BCUT2D eigenvalue weighted by molar-refractivity contribution is 7.98. The molecular weight excluding hydrogens is 224 g/mol. The largest absolute Gasteiger partial charge is 0.492 e. The average molecular weight is 236 g/mol. The molecule has 0 aliphatic carbocycles. The molecule has 0 saturated carbocycles. The number of terminal acetylenes is 1. The van der Waals surface area contributed by atoms with Gasteiger partial charge in [-0.05, 0) is 18.4 Å². The molecule has 1 N–H and O–H groups in total. The van der Waals surface area contributed by atoms with E-state index in [9.17, 15) is 4.79 Å². The number of carboxylic acid groups (broad SMARTS) is 1. The van der Waals surface area contributed by atoms with Crippen LogP contribution in [0.2, 0.25) is 0 Å². The maximum atomic E-state index is 11.1. The predicted molar refractivity (Wildman–Crippen MR) is 64.1 cm³/mol. The fraction of sp³-hybridized carbons (Fsp3) is 0.250. The Labute approximate surface area is 98.8 Å². The molecule has 0 aliphatic heterocycles. The molecule has 1 aromatic rings. The van der Waals surface area contributed by atoms with E-state index in [1.807, 2.05) is 6.26 Å². The summed E-state index contributed by atoms with van der Waals surface area (Å²) in [5.74, 6) is 1.82. The summed E-state index contributed by atoms with van der Waals surface area (Å²) in [5.41, 5.74) is 0.201. The number of benzene rings is 1. The van der Waals surface area contributed by atoms with Crippen LogP contribution in [0.3, 0.4) is 0 Å². The molecule has 84 valence electrons. The number of carbonyl (C=O) groups is 1. The van der Waals surface area contributed by atoms with Gasteiger partial charge in [-0.25, -0.2) is 4.79 Å². The molecule has 3 nitrogen and oxygen atoms in total. The van der Waals surface area contributed by atoms with Crippen molar-refractivity contribution >= 4 is 17.7 Å². The Balaban J connectivity index is 2.99. The van der Waals surface area contributed by atoms with Crippen molar-refractivity contribution in [1.82, 2.24) is 0 Å². The molecule has 0 spiro atoms. The number of rotatable bonds is 5. The lowest BCUT2D eigenvalue weighted by Crippen LogP contribution is -2.05. The molecule has 0 amide bonds. The van der Waals surface area contributed by atoms with E-state index in [1.54, 1.807) is 18.2 Å². The number of hydrogen-bond donors (Lipinski definition) is 1. The lowest BCUT2D eigenvalue weighted by Gasteiger charge is -2.10. The number of thioether (sulfide) groups is 1. The molecule has 0 saturated heterocycles. The molecule has 1 rings (SSSR count). The van der Waals surface area contributed by atoms with Crippen LogP contribution in [0, 0.1) is 12.3 Å². The van der Waals surface area contributed by atoms with Gasteiger partial charge in [0.15, 0.2) is 0 Å². The third-order valence-electron chi connectivity index (χ3n) is 1.93. The molecule has 0 aromatic heterocycles. The second-order valence-electron chi connectivity index (χ2n) is 2.94. The Morgan fingerprint density at radius 2 is 2.38 bits per heavy atom.